The number of ether oxygens (including phenoxy) is 1. The van der Waals surface area contributed by atoms with E-state index in [0.717, 1.165) is 26.2 Å². The molecule has 1 aliphatic rings. The van der Waals surface area contributed by atoms with Crippen LogP contribution in [0, 0.1) is 0 Å². The van der Waals surface area contributed by atoms with Crippen LogP contribution in [0.4, 0.5) is 0 Å². The lowest BCUT2D eigenvalue weighted by Gasteiger charge is -2.26. The van der Waals surface area contributed by atoms with Gasteiger partial charge in [0.2, 0.25) is 0 Å². The van der Waals surface area contributed by atoms with Crippen molar-refractivity contribution in [3.8, 4) is 0 Å². The molecule has 1 aliphatic heterocycles. The van der Waals surface area contributed by atoms with Gasteiger partial charge in [0.25, 0.3) is 0 Å². The Labute approximate surface area is 98.5 Å². The first-order chi connectivity index (χ1) is 7.63. The number of carbonyl (C=O) groups is 1. The molecule has 0 radical (unpaired) electrons. The Bertz CT molecular complexity index is 221. The van der Waals surface area contributed by atoms with E-state index in [1.54, 1.807) is 0 Å². The minimum atomic E-state index is -0.0763. The van der Waals surface area contributed by atoms with Gasteiger partial charge in [0, 0.05) is 19.1 Å². The summed E-state index contributed by atoms with van der Waals surface area (Å²) in [6.07, 6.45) is 1.70. The van der Waals surface area contributed by atoms with Crippen molar-refractivity contribution in [1.82, 2.24) is 9.80 Å². The zero-order valence-corrected chi connectivity index (χ0v) is 10.7. The normalized spacial score (nSPS) is 21.4. The lowest BCUT2D eigenvalue weighted by molar-refractivity contribution is -0.144. The third-order valence-corrected chi connectivity index (χ3v) is 3.14. The maximum atomic E-state index is 11.4. The van der Waals surface area contributed by atoms with Crippen LogP contribution >= 0.6 is 0 Å². The van der Waals surface area contributed by atoms with E-state index in [9.17, 15) is 4.79 Å². The second kappa shape index (κ2) is 6.86. The Morgan fingerprint density at radius 3 is 2.75 bits per heavy atom. The van der Waals surface area contributed by atoms with Crippen molar-refractivity contribution < 1.29 is 9.53 Å². The van der Waals surface area contributed by atoms with Gasteiger partial charge in [-0.2, -0.15) is 0 Å². The van der Waals surface area contributed by atoms with Crippen molar-refractivity contribution in [2.75, 3.05) is 39.8 Å². The summed E-state index contributed by atoms with van der Waals surface area (Å²) < 4.78 is 4.98. The van der Waals surface area contributed by atoms with Gasteiger partial charge < -0.3 is 9.64 Å². The van der Waals surface area contributed by atoms with Gasteiger partial charge in [-0.25, -0.2) is 0 Å². The fraction of sp³-hybridized carbons (Fsp3) is 0.917. The number of rotatable bonds is 4. The first kappa shape index (κ1) is 13.5. The molecule has 1 saturated heterocycles. The third-order valence-electron chi connectivity index (χ3n) is 3.14. The van der Waals surface area contributed by atoms with Crippen molar-refractivity contribution in [2.45, 2.75) is 32.7 Å². The number of hydrogen-bond acceptors (Lipinski definition) is 4. The van der Waals surface area contributed by atoms with Crippen LogP contribution in [0.15, 0.2) is 0 Å². The van der Waals surface area contributed by atoms with E-state index >= 15 is 0 Å². The van der Waals surface area contributed by atoms with Gasteiger partial charge >= 0.3 is 5.97 Å². The smallest absolute Gasteiger partial charge is 0.307 e. The highest BCUT2D eigenvalue weighted by atomic mass is 16.5. The predicted octanol–water partition coefficient (Wildman–Crippen LogP) is 0.966. The van der Waals surface area contributed by atoms with Crippen LogP contribution in [-0.4, -0.2) is 61.6 Å². The summed E-state index contributed by atoms with van der Waals surface area (Å²) in [5.41, 5.74) is 0. The minimum Gasteiger partial charge on any atom is -0.466 e. The van der Waals surface area contributed by atoms with Crippen LogP contribution < -0.4 is 0 Å². The van der Waals surface area contributed by atoms with E-state index in [1.165, 1.54) is 6.42 Å². The SMILES string of the molecule is CCOC(=O)CC(C)N1CCCN(C)CC1. The fourth-order valence-corrected chi connectivity index (χ4v) is 2.10. The molecule has 0 N–H and O–H groups in total. The van der Waals surface area contributed by atoms with E-state index in [0.29, 0.717) is 19.1 Å². The van der Waals surface area contributed by atoms with Crippen LogP contribution in [0.1, 0.15) is 26.7 Å². The zero-order valence-electron chi connectivity index (χ0n) is 10.7. The molecule has 1 heterocycles. The van der Waals surface area contributed by atoms with Gasteiger partial charge in [-0.3, -0.25) is 9.69 Å². The van der Waals surface area contributed by atoms with Crippen LogP contribution in [0.5, 0.6) is 0 Å². The van der Waals surface area contributed by atoms with Crippen molar-refractivity contribution in [1.29, 1.82) is 0 Å². The van der Waals surface area contributed by atoms with Gasteiger partial charge in [-0.05, 0) is 40.4 Å². The highest BCUT2D eigenvalue weighted by Crippen LogP contribution is 2.09. The molecule has 0 aliphatic carbocycles. The Morgan fingerprint density at radius 1 is 1.31 bits per heavy atom. The lowest BCUT2D eigenvalue weighted by Crippen LogP contribution is -2.37. The first-order valence-electron chi connectivity index (χ1n) is 6.21. The monoisotopic (exact) mass is 228 g/mol. The van der Waals surface area contributed by atoms with Gasteiger partial charge in [0.1, 0.15) is 0 Å². The molecule has 1 unspecified atom stereocenters. The van der Waals surface area contributed by atoms with Gasteiger partial charge in [0.05, 0.1) is 13.0 Å². The summed E-state index contributed by atoms with van der Waals surface area (Å²) in [7, 11) is 2.15. The van der Waals surface area contributed by atoms with Crippen molar-refractivity contribution >= 4 is 5.97 Å². The molecule has 0 aromatic heterocycles. The van der Waals surface area contributed by atoms with Gasteiger partial charge in [-0.15, -0.1) is 0 Å². The van der Waals surface area contributed by atoms with E-state index < -0.39 is 0 Å². The summed E-state index contributed by atoms with van der Waals surface area (Å²) >= 11 is 0. The summed E-state index contributed by atoms with van der Waals surface area (Å²) in [4.78, 5) is 16.1. The summed E-state index contributed by atoms with van der Waals surface area (Å²) in [5, 5.41) is 0. The summed E-state index contributed by atoms with van der Waals surface area (Å²) in [6, 6.07) is 0.297. The van der Waals surface area contributed by atoms with Gasteiger partial charge in [-0.1, -0.05) is 0 Å². The van der Waals surface area contributed by atoms with Crippen LogP contribution in [0.2, 0.25) is 0 Å². The van der Waals surface area contributed by atoms with Crippen LogP contribution in [0.3, 0.4) is 0 Å². The quantitative estimate of drug-likeness (QED) is 0.671. The Hall–Kier alpha value is -0.610. The average Bonchev–Trinajstić information content (AvgIpc) is 2.43. The molecule has 1 fully saturated rings. The van der Waals surface area contributed by atoms with Crippen molar-refractivity contribution in [2.24, 2.45) is 0 Å². The molecule has 4 nitrogen and oxygen atoms in total. The van der Waals surface area contributed by atoms with Crippen LogP contribution in [-0.2, 0) is 9.53 Å². The average molecular weight is 228 g/mol. The molecular weight excluding hydrogens is 204 g/mol. The molecule has 4 heteroatoms. The maximum absolute atomic E-state index is 11.4. The molecule has 0 amide bonds. The Morgan fingerprint density at radius 2 is 2.06 bits per heavy atom. The van der Waals surface area contributed by atoms with E-state index in [1.807, 2.05) is 6.92 Å². The Balaban J connectivity index is 2.34. The minimum absolute atomic E-state index is 0.0763. The van der Waals surface area contributed by atoms with Crippen LogP contribution in [0.25, 0.3) is 0 Å². The number of likely N-dealkylation sites (N-methyl/N-ethyl adjacent to an activating group) is 1. The number of esters is 1. The first-order valence-corrected chi connectivity index (χ1v) is 6.21. The molecule has 16 heavy (non-hydrogen) atoms. The topological polar surface area (TPSA) is 32.8 Å². The second-order valence-corrected chi connectivity index (χ2v) is 4.55. The molecule has 0 bridgehead atoms. The molecule has 1 rings (SSSR count). The molecule has 0 aromatic carbocycles. The number of hydrogen-bond donors (Lipinski definition) is 0. The standard InChI is InChI=1S/C12H24N2O2/c1-4-16-12(15)10-11(2)14-7-5-6-13(3)8-9-14/h11H,4-10H2,1-3H3. The van der Waals surface area contributed by atoms with E-state index in [2.05, 4.69) is 23.8 Å². The summed E-state index contributed by atoms with van der Waals surface area (Å²) in [5.74, 6) is -0.0763. The van der Waals surface area contributed by atoms with Crippen molar-refractivity contribution in [3.63, 3.8) is 0 Å². The summed E-state index contributed by atoms with van der Waals surface area (Å²) in [6.45, 7) is 8.83. The molecule has 1 atom stereocenters. The largest absolute Gasteiger partial charge is 0.466 e. The predicted molar refractivity (Wildman–Crippen MR) is 64.4 cm³/mol. The maximum Gasteiger partial charge on any atom is 0.307 e. The molecule has 0 aromatic rings. The van der Waals surface area contributed by atoms with E-state index in [4.69, 9.17) is 4.74 Å². The number of nitrogens with zero attached hydrogens (tertiary/aromatic N) is 2. The number of carbonyl (C=O) groups excluding carboxylic acids is 1. The molecule has 0 spiro atoms. The molecule has 94 valence electrons. The highest BCUT2D eigenvalue weighted by Gasteiger charge is 2.20. The molecular formula is C12H24N2O2. The fourth-order valence-electron chi connectivity index (χ4n) is 2.10. The molecule has 0 saturated carbocycles. The van der Waals surface area contributed by atoms with E-state index in [-0.39, 0.29) is 5.97 Å². The third kappa shape index (κ3) is 4.49. The van der Waals surface area contributed by atoms with Gasteiger partial charge in [0.15, 0.2) is 0 Å². The Kier molecular flexibility index (Phi) is 5.77. The second-order valence-electron chi connectivity index (χ2n) is 4.55. The zero-order chi connectivity index (χ0) is 12.0. The van der Waals surface area contributed by atoms with Crippen molar-refractivity contribution in [3.05, 3.63) is 0 Å². The highest BCUT2D eigenvalue weighted by molar-refractivity contribution is 5.70. The lowest BCUT2D eigenvalue weighted by atomic mass is 10.2.